The van der Waals surface area contributed by atoms with Gasteiger partial charge in [-0.1, -0.05) is 54.9 Å². The van der Waals surface area contributed by atoms with E-state index >= 15 is 0 Å². The Bertz CT molecular complexity index is 528. The first-order chi connectivity index (χ1) is 9.20. The Kier molecular flexibility index (Phi) is 4.94. The molecule has 2 aromatic rings. The third-order valence-corrected chi connectivity index (χ3v) is 3.33. The summed E-state index contributed by atoms with van der Waals surface area (Å²) in [6.07, 6.45) is 0.612. The van der Waals surface area contributed by atoms with E-state index in [2.05, 4.69) is 17.4 Å². The molecule has 0 aliphatic rings. The molecule has 0 amide bonds. The van der Waals surface area contributed by atoms with Crippen molar-refractivity contribution in [1.29, 1.82) is 0 Å². The molecule has 0 aromatic heterocycles. The largest absolute Gasteiger partial charge is 0.310 e. The monoisotopic (exact) mass is 277 g/mol. The second-order valence-corrected chi connectivity index (χ2v) is 4.90. The smallest absolute Gasteiger partial charge is 0.127 e. The highest BCUT2D eigenvalue weighted by Crippen LogP contribution is 2.22. The lowest BCUT2D eigenvalue weighted by molar-refractivity contribution is 0.528. The summed E-state index contributed by atoms with van der Waals surface area (Å²) in [6.45, 7) is 2.89. The van der Waals surface area contributed by atoms with E-state index in [1.807, 2.05) is 25.1 Å². The van der Waals surface area contributed by atoms with E-state index in [0.717, 1.165) is 6.54 Å². The molecule has 3 heteroatoms. The summed E-state index contributed by atoms with van der Waals surface area (Å²) in [5.41, 5.74) is 1.85. The third-order valence-electron chi connectivity index (χ3n) is 3.09. The van der Waals surface area contributed by atoms with Crippen molar-refractivity contribution in [3.63, 3.8) is 0 Å². The fourth-order valence-electron chi connectivity index (χ4n) is 2.15. The average molecular weight is 278 g/mol. The summed E-state index contributed by atoms with van der Waals surface area (Å²) in [6, 6.07) is 15.1. The Morgan fingerprint density at radius 1 is 1.16 bits per heavy atom. The fourth-order valence-corrected chi connectivity index (χ4v) is 2.31. The molecule has 19 heavy (non-hydrogen) atoms. The number of hydrogen-bond acceptors (Lipinski definition) is 1. The number of hydrogen-bond donors (Lipinski definition) is 1. The van der Waals surface area contributed by atoms with Gasteiger partial charge >= 0.3 is 0 Å². The Morgan fingerprint density at radius 2 is 1.89 bits per heavy atom. The lowest BCUT2D eigenvalue weighted by Gasteiger charge is -2.19. The summed E-state index contributed by atoms with van der Waals surface area (Å²) in [5, 5.41) is 3.82. The zero-order chi connectivity index (χ0) is 13.7. The maximum absolute atomic E-state index is 13.9. The molecule has 2 aromatic carbocycles. The lowest BCUT2D eigenvalue weighted by Crippen LogP contribution is -2.23. The Morgan fingerprint density at radius 3 is 2.53 bits per heavy atom. The third kappa shape index (κ3) is 3.79. The van der Waals surface area contributed by atoms with Crippen LogP contribution in [0.3, 0.4) is 0 Å². The van der Waals surface area contributed by atoms with Gasteiger partial charge in [0.15, 0.2) is 0 Å². The number of halogens is 2. The van der Waals surface area contributed by atoms with Gasteiger partial charge in [-0.3, -0.25) is 0 Å². The van der Waals surface area contributed by atoms with Gasteiger partial charge in [0.25, 0.3) is 0 Å². The van der Waals surface area contributed by atoms with Crippen LogP contribution in [0, 0.1) is 5.82 Å². The number of likely N-dealkylation sites (N-methyl/N-ethyl adjacent to an activating group) is 1. The molecule has 0 fully saturated rings. The maximum atomic E-state index is 13.9. The first-order valence-corrected chi connectivity index (χ1v) is 6.80. The Labute approximate surface area is 118 Å². The second kappa shape index (κ2) is 6.69. The molecule has 0 heterocycles. The maximum Gasteiger partial charge on any atom is 0.127 e. The minimum atomic E-state index is -0.244. The first-order valence-electron chi connectivity index (χ1n) is 6.43. The SMILES string of the molecule is CCNC(Cc1ccc(Cl)cc1F)c1ccccc1. The van der Waals surface area contributed by atoms with Crippen LogP contribution in [0.15, 0.2) is 48.5 Å². The number of rotatable bonds is 5. The minimum absolute atomic E-state index is 0.113. The van der Waals surface area contributed by atoms with Gasteiger partial charge in [-0.15, -0.1) is 0 Å². The van der Waals surface area contributed by atoms with E-state index in [0.29, 0.717) is 17.0 Å². The van der Waals surface area contributed by atoms with Crippen molar-refractivity contribution in [2.45, 2.75) is 19.4 Å². The molecule has 0 saturated heterocycles. The summed E-state index contributed by atoms with van der Waals surface area (Å²) < 4.78 is 13.9. The summed E-state index contributed by atoms with van der Waals surface area (Å²) in [5.74, 6) is -0.244. The van der Waals surface area contributed by atoms with Crippen molar-refractivity contribution in [2.75, 3.05) is 6.54 Å². The fraction of sp³-hybridized carbons (Fsp3) is 0.250. The minimum Gasteiger partial charge on any atom is -0.310 e. The van der Waals surface area contributed by atoms with Crippen LogP contribution in [0.5, 0.6) is 0 Å². The van der Waals surface area contributed by atoms with Gasteiger partial charge in [0.1, 0.15) is 5.82 Å². The van der Waals surface area contributed by atoms with Crippen molar-refractivity contribution >= 4 is 11.6 Å². The molecular formula is C16H17ClFN. The summed E-state index contributed by atoms with van der Waals surface area (Å²) in [7, 11) is 0. The molecule has 2 rings (SSSR count). The van der Waals surface area contributed by atoms with Crippen molar-refractivity contribution in [1.82, 2.24) is 5.32 Å². The average Bonchev–Trinajstić information content (AvgIpc) is 2.42. The first kappa shape index (κ1) is 14.0. The molecule has 1 unspecified atom stereocenters. The highest BCUT2D eigenvalue weighted by molar-refractivity contribution is 6.30. The van der Waals surface area contributed by atoms with Gasteiger partial charge in [-0.2, -0.15) is 0 Å². The topological polar surface area (TPSA) is 12.0 Å². The zero-order valence-electron chi connectivity index (χ0n) is 10.9. The predicted octanol–water partition coefficient (Wildman–Crippen LogP) is 4.37. The summed E-state index contributed by atoms with van der Waals surface area (Å²) in [4.78, 5) is 0. The van der Waals surface area contributed by atoms with Crippen LogP contribution < -0.4 is 5.32 Å². The molecule has 0 radical (unpaired) electrons. The quantitative estimate of drug-likeness (QED) is 0.856. The zero-order valence-corrected chi connectivity index (χ0v) is 11.6. The predicted molar refractivity (Wildman–Crippen MR) is 78.0 cm³/mol. The van der Waals surface area contributed by atoms with Gasteiger partial charge in [0, 0.05) is 11.1 Å². The molecule has 0 aliphatic carbocycles. The molecule has 1 atom stereocenters. The lowest BCUT2D eigenvalue weighted by atomic mass is 9.98. The second-order valence-electron chi connectivity index (χ2n) is 4.46. The normalized spacial score (nSPS) is 12.4. The van der Waals surface area contributed by atoms with E-state index in [1.165, 1.54) is 11.6 Å². The molecule has 0 bridgehead atoms. The van der Waals surface area contributed by atoms with Gasteiger partial charge in [-0.05, 0) is 36.2 Å². The van der Waals surface area contributed by atoms with E-state index in [1.54, 1.807) is 12.1 Å². The molecule has 1 N–H and O–H groups in total. The van der Waals surface area contributed by atoms with E-state index < -0.39 is 0 Å². The van der Waals surface area contributed by atoms with E-state index in [9.17, 15) is 4.39 Å². The van der Waals surface area contributed by atoms with Crippen LogP contribution in [0.25, 0.3) is 0 Å². The molecule has 100 valence electrons. The molecule has 0 spiro atoms. The van der Waals surface area contributed by atoms with Gasteiger partial charge in [0.2, 0.25) is 0 Å². The van der Waals surface area contributed by atoms with Crippen LogP contribution in [-0.2, 0) is 6.42 Å². The molecule has 0 saturated carbocycles. The van der Waals surface area contributed by atoms with Crippen LogP contribution in [-0.4, -0.2) is 6.54 Å². The van der Waals surface area contributed by atoms with Crippen LogP contribution >= 0.6 is 11.6 Å². The molecular weight excluding hydrogens is 261 g/mol. The number of nitrogens with one attached hydrogen (secondary N) is 1. The highest BCUT2D eigenvalue weighted by Gasteiger charge is 2.13. The van der Waals surface area contributed by atoms with E-state index in [4.69, 9.17) is 11.6 Å². The van der Waals surface area contributed by atoms with Crippen LogP contribution in [0.1, 0.15) is 24.1 Å². The van der Waals surface area contributed by atoms with Gasteiger partial charge in [0.05, 0.1) is 0 Å². The van der Waals surface area contributed by atoms with Crippen molar-refractivity contribution in [2.24, 2.45) is 0 Å². The summed E-state index contributed by atoms with van der Waals surface area (Å²) >= 11 is 5.78. The van der Waals surface area contributed by atoms with Gasteiger partial charge < -0.3 is 5.32 Å². The van der Waals surface area contributed by atoms with Gasteiger partial charge in [-0.25, -0.2) is 4.39 Å². The Balaban J connectivity index is 2.21. The van der Waals surface area contributed by atoms with Crippen molar-refractivity contribution in [3.8, 4) is 0 Å². The van der Waals surface area contributed by atoms with Crippen LogP contribution in [0.2, 0.25) is 5.02 Å². The standard InChI is InChI=1S/C16H17ClFN/c1-2-19-16(12-6-4-3-5-7-12)10-13-8-9-14(17)11-15(13)18/h3-9,11,16,19H,2,10H2,1H3. The van der Waals surface area contributed by atoms with Crippen molar-refractivity contribution in [3.05, 3.63) is 70.5 Å². The number of benzene rings is 2. The Hall–Kier alpha value is -1.38. The molecule has 0 aliphatic heterocycles. The molecule has 1 nitrogen and oxygen atoms in total. The van der Waals surface area contributed by atoms with E-state index in [-0.39, 0.29) is 11.9 Å². The van der Waals surface area contributed by atoms with Crippen LogP contribution in [0.4, 0.5) is 4.39 Å². The highest BCUT2D eigenvalue weighted by atomic mass is 35.5. The van der Waals surface area contributed by atoms with Crippen molar-refractivity contribution < 1.29 is 4.39 Å².